The Morgan fingerprint density at radius 3 is 2.17 bits per heavy atom. The SMILES string of the molecule is CC(N)C(=O)NC(C=CCC(N)C(=O)O)C(=O)O. The van der Waals surface area contributed by atoms with Crippen molar-refractivity contribution in [1.82, 2.24) is 5.32 Å². The molecule has 102 valence electrons. The first-order valence-electron chi connectivity index (χ1n) is 5.19. The summed E-state index contributed by atoms with van der Waals surface area (Å²) in [5, 5.41) is 19.5. The second-order valence-electron chi connectivity index (χ2n) is 3.72. The lowest BCUT2D eigenvalue weighted by molar-refractivity contribution is -0.140. The van der Waals surface area contributed by atoms with Crippen molar-refractivity contribution in [2.75, 3.05) is 0 Å². The first kappa shape index (κ1) is 16.1. The number of nitrogens with two attached hydrogens (primary N) is 2. The highest BCUT2D eigenvalue weighted by Gasteiger charge is 2.18. The van der Waals surface area contributed by atoms with Crippen molar-refractivity contribution in [2.45, 2.75) is 31.5 Å². The third kappa shape index (κ3) is 5.97. The van der Waals surface area contributed by atoms with E-state index >= 15 is 0 Å². The molecule has 0 saturated heterocycles. The van der Waals surface area contributed by atoms with Gasteiger partial charge < -0.3 is 27.0 Å². The van der Waals surface area contributed by atoms with Gasteiger partial charge in [-0.15, -0.1) is 0 Å². The number of carbonyl (C=O) groups excluding carboxylic acids is 1. The Labute approximate surface area is 104 Å². The van der Waals surface area contributed by atoms with Gasteiger partial charge in [0, 0.05) is 0 Å². The Hall–Kier alpha value is -1.93. The lowest BCUT2D eigenvalue weighted by Crippen LogP contribution is -2.46. The van der Waals surface area contributed by atoms with E-state index < -0.39 is 36.0 Å². The standard InChI is InChI=1S/C10H17N3O5/c1-5(11)8(14)13-7(10(17)18)4-2-3-6(12)9(15)16/h2,4-7H,3,11-12H2,1H3,(H,13,14)(H,15,16)(H,17,18). The molecule has 7 N–H and O–H groups in total. The van der Waals surface area contributed by atoms with Crippen LogP contribution in [0.15, 0.2) is 12.2 Å². The predicted octanol–water partition coefficient (Wildman–Crippen LogP) is -1.74. The number of carboxylic acid groups (broad SMARTS) is 2. The molecule has 18 heavy (non-hydrogen) atoms. The van der Waals surface area contributed by atoms with Crippen LogP contribution in [0, 0.1) is 0 Å². The minimum absolute atomic E-state index is 0.0346. The van der Waals surface area contributed by atoms with Gasteiger partial charge >= 0.3 is 11.9 Å². The molecule has 3 atom stereocenters. The highest BCUT2D eigenvalue weighted by molar-refractivity contribution is 5.87. The first-order chi connectivity index (χ1) is 8.25. The number of nitrogens with one attached hydrogen (secondary N) is 1. The third-order valence-corrected chi connectivity index (χ3v) is 2.01. The Morgan fingerprint density at radius 1 is 1.22 bits per heavy atom. The van der Waals surface area contributed by atoms with Crippen molar-refractivity contribution in [3.05, 3.63) is 12.2 Å². The van der Waals surface area contributed by atoms with Crippen molar-refractivity contribution < 1.29 is 24.6 Å². The summed E-state index contributed by atoms with van der Waals surface area (Å²) in [6, 6.07) is -3.20. The lowest BCUT2D eigenvalue weighted by Gasteiger charge is -2.12. The van der Waals surface area contributed by atoms with Crippen molar-refractivity contribution in [2.24, 2.45) is 11.5 Å². The van der Waals surface area contributed by atoms with E-state index in [4.69, 9.17) is 21.7 Å². The maximum Gasteiger partial charge on any atom is 0.330 e. The number of carboxylic acids is 2. The van der Waals surface area contributed by atoms with E-state index in [1.165, 1.54) is 13.0 Å². The van der Waals surface area contributed by atoms with Crippen LogP contribution in [0.25, 0.3) is 0 Å². The summed E-state index contributed by atoms with van der Waals surface area (Å²) in [6.45, 7) is 1.41. The molecule has 0 aliphatic carbocycles. The number of carbonyl (C=O) groups is 3. The van der Waals surface area contributed by atoms with Gasteiger partial charge in [-0.05, 0) is 13.3 Å². The van der Waals surface area contributed by atoms with Crippen LogP contribution in [0.5, 0.6) is 0 Å². The van der Waals surface area contributed by atoms with Crippen LogP contribution < -0.4 is 16.8 Å². The molecule has 0 heterocycles. The van der Waals surface area contributed by atoms with Crippen LogP contribution in [-0.4, -0.2) is 46.2 Å². The lowest BCUT2D eigenvalue weighted by atomic mass is 10.1. The van der Waals surface area contributed by atoms with E-state index in [9.17, 15) is 14.4 Å². The molecule has 8 heteroatoms. The van der Waals surface area contributed by atoms with E-state index in [2.05, 4.69) is 5.32 Å². The summed E-state index contributed by atoms with van der Waals surface area (Å²) in [7, 11) is 0. The Balaban J connectivity index is 4.45. The van der Waals surface area contributed by atoms with E-state index in [1.54, 1.807) is 0 Å². The van der Waals surface area contributed by atoms with Crippen LogP contribution in [0.3, 0.4) is 0 Å². The molecule has 1 amide bonds. The minimum Gasteiger partial charge on any atom is -0.480 e. The monoisotopic (exact) mass is 259 g/mol. The molecule has 0 bridgehead atoms. The van der Waals surface area contributed by atoms with E-state index in [-0.39, 0.29) is 6.42 Å². The summed E-state index contributed by atoms with van der Waals surface area (Å²) < 4.78 is 0. The minimum atomic E-state index is -1.27. The average Bonchev–Trinajstić information content (AvgIpc) is 2.26. The molecular formula is C10H17N3O5. The van der Waals surface area contributed by atoms with Crippen LogP contribution in [0.4, 0.5) is 0 Å². The smallest absolute Gasteiger partial charge is 0.330 e. The van der Waals surface area contributed by atoms with Gasteiger partial charge in [0.25, 0.3) is 0 Å². The number of aliphatic carboxylic acids is 2. The molecule has 0 fully saturated rings. The normalized spacial score (nSPS) is 15.9. The van der Waals surface area contributed by atoms with Crippen LogP contribution in [-0.2, 0) is 14.4 Å². The average molecular weight is 259 g/mol. The van der Waals surface area contributed by atoms with Crippen molar-refractivity contribution in [1.29, 1.82) is 0 Å². The summed E-state index contributed by atoms with van der Waals surface area (Å²) >= 11 is 0. The second-order valence-corrected chi connectivity index (χ2v) is 3.72. The Bertz CT molecular complexity index is 353. The summed E-state index contributed by atoms with van der Waals surface area (Å²) in [5.74, 6) is -3.08. The van der Waals surface area contributed by atoms with Crippen LogP contribution >= 0.6 is 0 Å². The Morgan fingerprint density at radius 2 is 1.78 bits per heavy atom. The summed E-state index contributed by atoms with van der Waals surface area (Å²) in [6.07, 6.45) is 2.41. The second kappa shape index (κ2) is 7.41. The topological polar surface area (TPSA) is 156 Å². The molecule has 0 aromatic rings. The Kier molecular flexibility index (Phi) is 6.61. The van der Waals surface area contributed by atoms with Crippen molar-refractivity contribution in [3.63, 3.8) is 0 Å². The molecule has 0 aliphatic heterocycles. The van der Waals surface area contributed by atoms with Gasteiger partial charge in [0.1, 0.15) is 12.1 Å². The highest BCUT2D eigenvalue weighted by atomic mass is 16.4. The fourth-order valence-electron chi connectivity index (χ4n) is 0.939. The zero-order valence-corrected chi connectivity index (χ0v) is 9.87. The fraction of sp³-hybridized carbons (Fsp3) is 0.500. The molecule has 0 aliphatic rings. The number of amides is 1. The van der Waals surface area contributed by atoms with E-state index in [1.807, 2.05) is 0 Å². The largest absolute Gasteiger partial charge is 0.480 e. The number of hydrogen-bond donors (Lipinski definition) is 5. The number of rotatable bonds is 7. The quantitative estimate of drug-likeness (QED) is 0.340. The molecule has 0 radical (unpaired) electrons. The molecule has 8 nitrogen and oxygen atoms in total. The van der Waals surface area contributed by atoms with Gasteiger partial charge in [0.05, 0.1) is 6.04 Å². The van der Waals surface area contributed by atoms with Gasteiger partial charge in [0.15, 0.2) is 0 Å². The fourth-order valence-corrected chi connectivity index (χ4v) is 0.939. The maximum absolute atomic E-state index is 11.2. The highest BCUT2D eigenvalue weighted by Crippen LogP contribution is 1.95. The zero-order chi connectivity index (χ0) is 14.3. The maximum atomic E-state index is 11.2. The summed E-state index contributed by atoms with van der Waals surface area (Å²) in [5.41, 5.74) is 10.5. The van der Waals surface area contributed by atoms with E-state index in [0.29, 0.717) is 0 Å². The van der Waals surface area contributed by atoms with Gasteiger partial charge in [-0.2, -0.15) is 0 Å². The third-order valence-electron chi connectivity index (χ3n) is 2.01. The number of hydrogen-bond acceptors (Lipinski definition) is 5. The molecule has 0 spiro atoms. The van der Waals surface area contributed by atoms with Crippen molar-refractivity contribution in [3.8, 4) is 0 Å². The first-order valence-corrected chi connectivity index (χ1v) is 5.19. The molecular weight excluding hydrogens is 242 g/mol. The van der Waals surface area contributed by atoms with Gasteiger partial charge in [-0.25, -0.2) is 4.79 Å². The zero-order valence-electron chi connectivity index (χ0n) is 9.87. The molecule has 0 aromatic heterocycles. The molecule has 0 rings (SSSR count). The van der Waals surface area contributed by atoms with Gasteiger partial charge in [-0.3, -0.25) is 9.59 Å². The van der Waals surface area contributed by atoms with Gasteiger partial charge in [0.2, 0.25) is 5.91 Å². The summed E-state index contributed by atoms with van der Waals surface area (Å²) in [4.78, 5) is 32.4. The van der Waals surface area contributed by atoms with Crippen LogP contribution in [0.2, 0.25) is 0 Å². The van der Waals surface area contributed by atoms with Gasteiger partial charge in [-0.1, -0.05) is 12.2 Å². The van der Waals surface area contributed by atoms with Crippen LogP contribution in [0.1, 0.15) is 13.3 Å². The molecule has 0 aromatic carbocycles. The van der Waals surface area contributed by atoms with E-state index in [0.717, 1.165) is 6.08 Å². The molecule has 0 saturated carbocycles. The van der Waals surface area contributed by atoms with Crippen molar-refractivity contribution >= 4 is 17.8 Å². The molecule has 3 unspecified atom stereocenters. The predicted molar refractivity (Wildman–Crippen MR) is 62.6 cm³/mol.